The number of fused-ring (bicyclic) bond motifs is 4. The predicted molar refractivity (Wildman–Crippen MR) is 223 cm³/mol. The molecule has 1 radical (unpaired) electrons. The van der Waals surface area contributed by atoms with E-state index >= 15 is 0 Å². The second kappa shape index (κ2) is 16.6. The quantitative estimate of drug-likeness (QED) is 0.123. The molecule has 1 aliphatic rings. The Balaban J connectivity index is 0.000000294. The molecule has 1 fully saturated rings. The van der Waals surface area contributed by atoms with Crippen molar-refractivity contribution >= 4 is 32.6 Å². The van der Waals surface area contributed by atoms with Crippen LogP contribution in [0.15, 0.2) is 134 Å². The van der Waals surface area contributed by atoms with E-state index in [4.69, 9.17) is 4.98 Å². The molecule has 0 atom stereocenters. The zero-order chi connectivity index (χ0) is 36.3. The summed E-state index contributed by atoms with van der Waals surface area (Å²) in [6.07, 6.45) is 8.50. The fraction of sp³-hybridized carbons (Fsp3) is 0.240. The summed E-state index contributed by atoms with van der Waals surface area (Å²) in [5.74, 6) is 2.44. The Morgan fingerprint density at radius 3 is 2.07 bits per heavy atom. The molecular formula is C50H47IrN3-2. The Labute approximate surface area is 333 Å². The van der Waals surface area contributed by atoms with Crippen LogP contribution in [0.25, 0.3) is 60.9 Å². The van der Waals surface area contributed by atoms with Gasteiger partial charge in [-0.2, -0.15) is 0 Å². The van der Waals surface area contributed by atoms with Gasteiger partial charge in [-0.1, -0.05) is 131 Å². The van der Waals surface area contributed by atoms with Gasteiger partial charge in [-0.25, -0.2) is 0 Å². The first-order valence-electron chi connectivity index (χ1n) is 19.3. The van der Waals surface area contributed by atoms with Crippen LogP contribution in [-0.2, 0) is 20.1 Å². The number of rotatable bonds is 6. The summed E-state index contributed by atoms with van der Waals surface area (Å²) in [5, 5.41) is 4.98. The van der Waals surface area contributed by atoms with E-state index in [-0.39, 0.29) is 20.1 Å². The number of nitrogens with zero attached hydrogens (tertiary/aromatic N) is 3. The summed E-state index contributed by atoms with van der Waals surface area (Å²) in [5.41, 5.74) is 10.9. The summed E-state index contributed by atoms with van der Waals surface area (Å²) in [4.78, 5) is 9.49. The van der Waals surface area contributed by atoms with Crippen molar-refractivity contribution in [3.05, 3.63) is 162 Å². The number of aromatic nitrogens is 3. The van der Waals surface area contributed by atoms with Crippen LogP contribution in [0.1, 0.15) is 94.2 Å². The van der Waals surface area contributed by atoms with Crippen LogP contribution in [0.4, 0.5) is 0 Å². The minimum Gasteiger partial charge on any atom is -0.333 e. The average molecular weight is 882 g/mol. The van der Waals surface area contributed by atoms with Crippen molar-refractivity contribution in [3.63, 3.8) is 0 Å². The number of para-hydroxylation sites is 2. The van der Waals surface area contributed by atoms with Crippen molar-refractivity contribution in [2.45, 2.75) is 77.6 Å². The molecule has 4 heteroatoms. The largest absolute Gasteiger partial charge is 0.333 e. The monoisotopic (exact) mass is 882 g/mol. The number of hydrogen-bond acceptors (Lipinski definition) is 2. The molecule has 8 aromatic rings. The Hall–Kier alpha value is -4.89. The maximum absolute atomic E-state index is 5.27. The maximum Gasteiger partial charge on any atom is 0.0774 e. The molecule has 0 spiro atoms. The number of benzene rings is 6. The smallest absolute Gasteiger partial charge is 0.0774 e. The molecule has 54 heavy (non-hydrogen) atoms. The van der Waals surface area contributed by atoms with E-state index in [0.29, 0.717) is 17.8 Å². The summed E-state index contributed by atoms with van der Waals surface area (Å²) >= 11 is 0. The van der Waals surface area contributed by atoms with Gasteiger partial charge in [0.25, 0.3) is 0 Å². The van der Waals surface area contributed by atoms with E-state index in [1.807, 2.05) is 42.5 Å². The molecule has 9 rings (SSSR count). The standard InChI is InChI=1S/C39H39N2.C11H8N.Ir/c1-25(2)34-23-31(27-12-6-5-7-13-27)24-35(26(3)4)38(34)41-37-17-11-10-16-36(37)40-39(41)30-20-21-33-29(22-30)19-18-28-14-8-9-15-32(28)33;1-2-6-10(7-3-1)11-8-4-5-9-12-11;/h8-11,14-19,21-27H,5-7,12-13H2,1-4H3;1-6,8-9H;/q2*-1;. The summed E-state index contributed by atoms with van der Waals surface area (Å²) in [7, 11) is 0. The molecule has 273 valence electrons. The minimum atomic E-state index is 0. The number of hydrogen-bond donors (Lipinski definition) is 0. The van der Waals surface area contributed by atoms with E-state index in [2.05, 4.69) is 134 Å². The Morgan fingerprint density at radius 2 is 1.35 bits per heavy atom. The van der Waals surface area contributed by atoms with Crippen LogP contribution in [0, 0.1) is 12.1 Å². The summed E-state index contributed by atoms with van der Waals surface area (Å²) in [6.45, 7) is 9.39. The number of imidazole rings is 1. The molecule has 0 N–H and O–H groups in total. The van der Waals surface area contributed by atoms with Gasteiger partial charge in [0.05, 0.1) is 16.9 Å². The second-order valence-electron chi connectivity index (χ2n) is 15.1. The third-order valence-corrected chi connectivity index (χ3v) is 10.9. The van der Waals surface area contributed by atoms with Crippen molar-refractivity contribution in [1.82, 2.24) is 14.5 Å². The zero-order valence-electron chi connectivity index (χ0n) is 31.6. The third kappa shape index (κ3) is 7.56. The molecule has 2 aromatic heterocycles. The zero-order valence-corrected chi connectivity index (χ0v) is 34.0. The first-order valence-corrected chi connectivity index (χ1v) is 19.3. The topological polar surface area (TPSA) is 30.7 Å². The van der Waals surface area contributed by atoms with Crippen molar-refractivity contribution in [2.24, 2.45) is 0 Å². The first kappa shape index (κ1) is 37.4. The molecule has 0 aliphatic heterocycles. The van der Waals surface area contributed by atoms with Gasteiger partial charge in [0.1, 0.15) is 0 Å². The van der Waals surface area contributed by atoms with Gasteiger partial charge >= 0.3 is 0 Å². The Bertz CT molecular complexity index is 2430. The summed E-state index contributed by atoms with van der Waals surface area (Å²) in [6, 6.07) is 51.7. The maximum atomic E-state index is 5.27. The van der Waals surface area contributed by atoms with E-state index in [9.17, 15) is 0 Å². The van der Waals surface area contributed by atoms with Crippen LogP contribution in [0.5, 0.6) is 0 Å². The van der Waals surface area contributed by atoms with Gasteiger partial charge in [-0.3, -0.25) is 4.98 Å². The fourth-order valence-corrected chi connectivity index (χ4v) is 8.10. The Morgan fingerprint density at radius 1 is 0.648 bits per heavy atom. The van der Waals surface area contributed by atoms with Crippen molar-refractivity contribution in [2.75, 3.05) is 0 Å². The predicted octanol–water partition coefficient (Wildman–Crippen LogP) is 13.6. The number of pyridine rings is 1. The molecule has 6 aromatic carbocycles. The van der Waals surface area contributed by atoms with Crippen molar-refractivity contribution < 1.29 is 20.1 Å². The molecule has 3 nitrogen and oxygen atoms in total. The van der Waals surface area contributed by atoms with Gasteiger partial charge in [0, 0.05) is 32.0 Å². The van der Waals surface area contributed by atoms with Crippen molar-refractivity contribution in [3.8, 4) is 28.3 Å². The average Bonchev–Trinajstić information content (AvgIpc) is 3.60. The SMILES string of the molecule is CC(C)c1cc(C2CCCCC2)cc(C(C)C)c1-n1c(-c2[c-]cc3c(ccc4ccccc43)c2)nc2ccccc21.[Ir].[c-]1ccccc1-c1ccccn1. The second-order valence-corrected chi connectivity index (χ2v) is 15.1. The van der Waals surface area contributed by atoms with Crippen LogP contribution < -0.4 is 0 Å². The molecule has 1 saturated carbocycles. The van der Waals surface area contributed by atoms with Gasteiger partial charge in [-0.05, 0) is 76.6 Å². The van der Waals surface area contributed by atoms with Crippen LogP contribution >= 0.6 is 0 Å². The molecule has 1 aliphatic carbocycles. The molecule has 0 unspecified atom stereocenters. The normalized spacial score (nSPS) is 13.3. The van der Waals surface area contributed by atoms with Crippen LogP contribution in [-0.4, -0.2) is 14.5 Å². The van der Waals surface area contributed by atoms with E-state index in [0.717, 1.165) is 33.7 Å². The minimum absolute atomic E-state index is 0. The van der Waals surface area contributed by atoms with E-state index in [1.165, 1.54) is 76.0 Å². The first-order chi connectivity index (χ1) is 26.0. The van der Waals surface area contributed by atoms with Gasteiger partial charge in [-0.15, -0.1) is 65.0 Å². The molecule has 0 saturated heterocycles. The van der Waals surface area contributed by atoms with Gasteiger partial charge in [0.15, 0.2) is 0 Å². The van der Waals surface area contributed by atoms with E-state index < -0.39 is 0 Å². The molecular weight excluding hydrogens is 835 g/mol. The van der Waals surface area contributed by atoms with E-state index in [1.54, 1.807) is 6.20 Å². The van der Waals surface area contributed by atoms with Crippen LogP contribution in [0.2, 0.25) is 0 Å². The van der Waals surface area contributed by atoms with Gasteiger partial charge in [0.2, 0.25) is 0 Å². The van der Waals surface area contributed by atoms with Crippen molar-refractivity contribution in [1.29, 1.82) is 0 Å². The Kier molecular flexibility index (Phi) is 11.5. The molecule has 0 amide bonds. The van der Waals surface area contributed by atoms with Gasteiger partial charge < -0.3 is 9.55 Å². The molecule has 2 heterocycles. The summed E-state index contributed by atoms with van der Waals surface area (Å²) < 4.78 is 2.45. The fourth-order valence-electron chi connectivity index (χ4n) is 8.10. The third-order valence-electron chi connectivity index (χ3n) is 10.9. The molecule has 0 bridgehead atoms. The van der Waals surface area contributed by atoms with Crippen LogP contribution in [0.3, 0.4) is 0 Å².